The fourth-order valence-corrected chi connectivity index (χ4v) is 6.96. The Morgan fingerprint density at radius 1 is 0.588 bits per heavy atom. The Kier molecular flexibility index (Phi) is 28.1. The fourth-order valence-electron chi connectivity index (χ4n) is 6.26. The Labute approximate surface area is 308 Å². The van der Waals surface area contributed by atoms with Crippen LogP contribution in [-0.2, 0) is 38.7 Å². The van der Waals surface area contributed by atoms with Crippen molar-refractivity contribution in [1.82, 2.24) is 0 Å². The first-order chi connectivity index (χ1) is 24.5. The van der Waals surface area contributed by atoms with Gasteiger partial charge in [0.25, 0.3) is 10.1 Å². The van der Waals surface area contributed by atoms with E-state index >= 15 is 0 Å². The summed E-state index contributed by atoms with van der Waals surface area (Å²) >= 11 is 0. The van der Waals surface area contributed by atoms with Gasteiger partial charge in [-0.1, -0.05) is 149 Å². The molecule has 4 N–H and O–H groups in total. The summed E-state index contributed by atoms with van der Waals surface area (Å²) in [6.07, 6.45) is 17.3. The molecular weight excluding hydrogens is 680 g/mol. The molecule has 302 valence electrons. The Balaban J connectivity index is 2.50. The second-order valence-corrected chi connectivity index (χ2v) is 15.8. The molecule has 0 aromatic carbocycles. The van der Waals surface area contributed by atoms with Gasteiger partial charge in [-0.25, -0.2) is 0 Å². The van der Waals surface area contributed by atoms with E-state index in [1.54, 1.807) is 0 Å². The van der Waals surface area contributed by atoms with Gasteiger partial charge in [-0.3, -0.25) is 14.1 Å². The molecule has 0 aliphatic carbocycles. The van der Waals surface area contributed by atoms with Gasteiger partial charge in [0, 0.05) is 12.8 Å². The number of hydrogen-bond donors (Lipinski definition) is 4. The van der Waals surface area contributed by atoms with Crippen molar-refractivity contribution in [2.45, 2.75) is 211 Å². The molecule has 1 fully saturated rings. The van der Waals surface area contributed by atoms with E-state index in [9.17, 15) is 37.9 Å². The van der Waals surface area contributed by atoms with Gasteiger partial charge in [0.05, 0.1) is 6.61 Å². The number of aliphatic hydroxyl groups excluding tert-OH is 3. The van der Waals surface area contributed by atoms with E-state index < -0.39 is 71.2 Å². The number of unbranched alkanes of at least 4 members (excludes halogenated alkanes) is 21. The average molecular weight is 753 g/mol. The van der Waals surface area contributed by atoms with Crippen molar-refractivity contribution >= 4 is 22.1 Å². The molecule has 0 aromatic rings. The third-order valence-corrected chi connectivity index (χ3v) is 10.2. The number of carbonyl (C=O) groups excluding carboxylic acids is 2. The van der Waals surface area contributed by atoms with Crippen molar-refractivity contribution < 1.29 is 56.8 Å². The molecule has 6 atom stereocenters. The molecule has 0 saturated carbocycles. The molecule has 0 bridgehead atoms. The van der Waals surface area contributed by atoms with E-state index in [0.717, 1.165) is 38.5 Å². The maximum atomic E-state index is 12.7. The van der Waals surface area contributed by atoms with Gasteiger partial charge >= 0.3 is 11.9 Å². The minimum atomic E-state index is -4.59. The Morgan fingerprint density at radius 2 is 1.00 bits per heavy atom. The van der Waals surface area contributed by atoms with Crippen LogP contribution in [0.1, 0.15) is 174 Å². The van der Waals surface area contributed by atoms with Crippen molar-refractivity contribution in [1.29, 1.82) is 0 Å². The van der Waals surface area contributed by atoms with Gasteiger partial charge in [0.1, 0.15) is 36.8 Å². The highest BCUT2D eigenvalue weighted by Gasteiger charge is 2.46. The first-order valence-corrected chi connectivity index (χ1v) is 21.7. The maximum absolute atomic E-state index is 12.7. The fraction of sp³-hybridized carbons (Fsp3) is 0.947. The second kappa shape index (κ2) is 30.0. The largest absolute Gasteiger partial charge is 0.462 e. The predicted molar refractivity (Wildman–Crippen MR) is 197 cm³/mol. The van der Waals surface area contributed by atoms with Crippen LogP contribution in [0.3, 0.4) is 0 Å². The number of aliphatic hydroxyl groups is 3. The van der Waals surface area contributed by atoms with Gasteiger partial charge in [-0.05, 0) is 12.8 Å². The van der Waals surface area contributed by atoms with Crippen molar-refractivity contribution in [3.05, 3.63) is 0 Å². The Hall–Kier alpha value is -1.35. The molecule has 0 spiro atoms. The van der Waals surface area contributed by atoms with Crippen LogP contribution in [0.2, 0.25) is 0 Å². The van der Waals surface area contributed by atoms with E-state index in [1.807, 2.05) is 0 Å². The molecule has 1 aliphatic rings. The maximum Gasteiger partial charge on any atom is 0.306 e. The van der Waals surface area contributed by atoms with Gasteiger partial charge < -0.3 is 34.3 Å². The summed E-state index contributed by atoms with van der Waals surface area (Å²) in [6.45, 7) is 3.73. The molecule has 1 heterocycles. The predicted octanol–water partition coefficient (Wildman–Crippen LogP) is 6.95. The van der Waals surface area contributed by atoms with Gasteiger partial charge in [-0.2, -0.15) is 8.42 Å². The number of ether oxygens (including phenoxy) is 4. The average Bonchev–Trinajstić information content (AvgIpc) is 3.09. The summed E-state index contributed by atoms with van der Waals surface area (Å²) in [5.74, 6) is -1.97. The summed E-state index contributed by atoms with van der Waals surface area (Å²) in [5.41, 5.74) is 0. The monoisotopic (exact) mass is 752 g/mol. The molecule has 0 aromatic heterocycles. The normalized spacial score (nSPS) is 21.4. The first kappa shape index (κ1) is 47.7. The van der Waals surface area contributed by atoms with Crippen molar-refractivity contribution in [2.24, 2.45) is 0 Å². The summed E-state index contributed by atoms with van der Waals surface area (Å²) in [5, 5.41) is 30.7. The first-order valence-electron chi connectivity index (χ1n) is 20.1. The van der Waals surface area contributed by atoms with E-state index in [0.29, 0.717) is 12.8 Å². The van der Waals surface area contributed by atoms with Crippen LogP contribution in [0.4, 0.5) is 0 Å². The molecule has 51 heavy (non-hydrogen) atoms. The number of hydrogen-bond acceptors (Lipinski definition) is 11. The molecule has 12 nitrogen and oxygen atoms in total. The van der Waals surface area contributed by atoms with Gasteiger partial charge in [0.15, 0.2) is 12.4 Å². The molecule has 0 radical (unpaired) electrons. The SMILES string of the molecule is CCCCCCCCCCCCCCC(=O)OCC(COC1OC(CS(=O)(=O)O)C(O)C(O)C1O)OC(=O)CCCCCCCCCCCCC. The third-order valence-electron chi connectivity index (χ3n) is 9.44. The van der Waals surface area contributed by atoms with Crippen LogP contribution in [0, 0.1) is 0 Å². The third kappa shape index (κ3) is 25.3. The van der Waals surface area contributed by atoms with E-state index in [2.05, 4.69) is 13.8 Å². The van der Waals surface area contributed by atoms with E-state index in [-0.39, 0.29) is 19.4 Å². The van der Waals surface area contributed by atoms with E-state index in [1.165, 1.54) is 96.3 Å². The highest BCUT2D eigenvalue weighted by atomic mass is 32.2. The molecule has 1 rings (SSSR count). The lowest BCUT2D eigenvalue weighted by Gasteiger charge is -2.40. The second-order valence-electron chi connectivity index (χ2n) is 14.3. The number of esters is 2. The molecule has 13 heteroatoms. The summed E-state index contributed by atoms with van der Waals surface area (Å²) < 4.78 is 53.8. The van der Waals surface area contributed by atoms with Crippen molar-refractivity contribution in [3.63, 3.8) is 0 Å². The zero-order chi connectivity index (χ0) is 37.7. The van der Waals surface area contributed by atoms with Gasteiger partial charge in [0.2, 0.25) is 0 Å². The summed E-state index contributed by atoms with van der Waals surface area (Å²) in [7, 11) is -4.59. The standard InChI is InChI=1S/C38H72O12S/c1-3-5-7-9-11-13-15-17-18-20-22-24-26-33(39)47-28-31(49-34(40)27-25-23-21-19-16-14-12-10-8-6-4-2)29-48-38-37(43)36(42)35(41)32(50-38)30-51(44,45)46/h31-32,35-38,41-43H,3-30H2,1-2H3,(H,44,45,46). The van der Waals surface area contributed by atoms with Crippen LogP contribution < -0.4 is 0 Å². The van der Waals surface area contributed by atoms with E-state index in [4.69, 9.17) is 18.9 Å². The molecule has 0 amide bonds. The van der Waals surface area contributed by atoms with Crippen LogP contribution in [0.5, 0.6) is 0 Å². The zero-order valence-corrected chi connectivity index (χ0v) is 32.5. The molecule has 1 aliphatic heterocycles. The van der Waals surface area contributed by atoms with Crippen molar-refractivity contribution in [2.75, 3.05) is 19.0 Å². The van der Waals surface area contributed by atoms with Crippen LogP contribution in [0.25, 0.3) is 0 Å². The minimum Gasteiger partial charge on any atom is -0.462 e. The minimum absolute atomic E-state index is 0.171. The van der Waals surface area contributed by atoms with Crippen LogP contribution in [0.15, 0.2) is 0 Å². The molecule has 1 saturated heterocycles. The lowest BCUT2D eigenvalue weighted by Crippen LogP contribution is -2.60. The van der Waals surface area contributed by atoms with Crippen LogP contribution >= 0.6 is 0 Å². The summed E-state index contributed by atoms with van der Waals surface area (Å²) in [6, 6.07) is 0. The number of carbonyl (C=O) groups is 2. The Bertz CT molecular complexity index is 978. The van der Waals surface area contributed by atoms with Crippen LogP contribution in [-0.4, -0.2) is 96.0 Å². The molecular formula is C38H72O12S. The quantitative estimate of drug-likeness (QED) is 0.0308. The highest BCUT2D eigenvalue weighted by Crippen LogP contribution is 2.24. The lowest BCUT2D eigenvalue weighted by atomic mass is 10.00. The topological polar surface area (TPSA) is 186 Å². The Morgan fingerprint density at radius 3 is 1.43 bits per heavy atom. The lowest BCUT2D eigenvalue weighted by molar-refractivity contribution is -0.297. The van der Waals surface area contributed by atoms with Gasteiger partial charge in [-0.15, -0.1) is 0 Å². The van der Waals surface area contributed by atoms with Crippen molar-refractivity contribution in [3.8, 4) is 0 Å². The summed E-state index contributed by atoms with van der Waals surface area (Å²) in [4.78, 5) is 25.2. The molecule has 6 unspecified atom stereocenters. The highest BCUT2D eigenvalue weighted by molar-refractivity contribution is 7.85. The smallest absolute Gasteiger partial charge is 0.306 e. The number of rotatable bonds is 33. The zero-order valence-electron chi connectivity index (χ0n) is 31.7.